The second-order valence-corrected chi connectivity index (χ2v) is 5.54. The average molecular weight is 253 g/mol. The highest BCUT2D eigenvalue weighted by molar-refractivity contribution is 7.99. The van der Waals surface area contributed by atoms with Gasteiger partial charge in [-0.3, -0.25) is 0 Å². The first-order valence-corrected chi connectivity index (χ1v) is 7.26. The van der Waals surface area contributed by atoms with Crippen molar-refractivity contribution in [2.24, 2.45) is 5.92 Å². The highest BCUT2D eigenvalue weighted by Gasteiger charge is 2.05. The maximum atomic E-state index is 4.43. The first-order chi connectivity index (χ1) is 8.11. The van der Waals surface area contributed by atoms with E-state index in [4.69, 9.17) is 0 Å². The third-order valence-electron chi connectivity index (χ3n) is 2.38. The Morgan fingerprint density at radius 1 is 1.29 bits per heavy atom. The molecule has 0 aliphatic heterocycles. The van der Waals surface area contributed by atoms with E-state index < -0.39 is 0 Å². The Labute approximate surface area is 109 Å². The molecule has 1 atom stereocenters. The molecule has 17 heavy (non-hydrogen) atoms. The van der Waals surface area contributed by atoms with Crippen LogP contribution in [0.3, 0.4) is 0 Å². The lowest BCUT2D eigenvalue weighted by Crippen LogP contribution is -2.23. The zero-order chi connectivity index (χ0) is 12.7. The maximum absolute atomic E-state index is 4.43. The number of nitrogens with one attached hydrogen (secondary N) is 1. The molecule has 1 N–H and O–H groups in total. The molecule has 0 aromatic carbocycles. The zero-order valence-electron chi connectivity index (χ0n) is 11.3. The number of rotatable bonds is 7. The fraction of sp³-hybridized carbons (Fsp3) is 0.692. The number of hydrogen-bond acceptors (Lipinski definition) is 4. The summed E-state index contributed by atoms with van der Waals surface area (Å²) in [6, 6.07) is 2.01. The first kappa shape index (κ1) is 14.5. The molecule has 0 fully saturated rings. The summed E-state index contributed by atoms with van der Waals surface area (Å²) in [4.78, 5) is 8.87. The Kier molecular flexibility index (Phi) is 6.52. The Hall–Kier alpha value is -0.610. The fourth-order valence-electron chi connectivity index (χ4n) is 1.56. The molecule has 1 unspecified atom stereocenters. The van der Waals surface area contributed by atoms with Crippen LogP contribution < -0.4 is 5.32 Å². The minimum atomic E-state index is 0.649. The predicted octanol–water partition coefficient (Wildman–Crippen LogP) is 2.82. The van der Waals surface area contributed by atoms with Crippen molar-refractivity contribution in [3.05, 3.63) is 17.5 Å². The van der Waals surface area contributed by atoms with Crippen LogP contribution in [0.2, 0.25) is 0 Å². The van der Waals surface area contributed by atoms with E-state index in [-0.39, 0.29) is 0 Å². The normalized spacial score (nSPS) is 12.7. The van der Waals surface area contributed by atoms with Crippen molar-refractivity contribution in [3.8, 4) is 0 Å². The smallest absolute Gasteiger partial charge is 0.187 e. The second-order valence-electron chi connectivity index (χ2n) is 4.55. The third-order valence-corrected chi connectivity index (χ3v) is 3.55. The van der Waals surface area contributed by atoms with E-state index in [1.165, 1.54) is 6.42 Å². The molecular formula is C13H23N3S. The lowest BCUT2D eigenvalue weighted by Gasteiger charge is -2.11. The number of thioether (sulfide) groups is 1. The monoisotopic (exact) mass is 253 g/mol. The van der Waals surface area contributed by atoms with Crippen LogP contribution in [-0.4, -0.2) is 28.8 Å². The van der Waals surface area contributed by atoms with E-state index >= 15 is 0 Å². The van der Waals surface area contributed by atoms with E-state index in [9.17, 15) is 0 Å². The van der Waals surface area contributed by atoms with Gasteiger partial charge in [0.1, 0.15) is 0 Å². The molecule has 1 aromatic heterocycles. The molecule has 0 spiro atoms. The average Bonchev–Trinajstić information content (AvgIpc) is 2.25. The summed E-state index contributed by atoms with van der Waals surface area (Å²) in [5, 5.41) is 4.35. The van der Waals surface area contributed by atoms with Crippen molar-refractivity contribution in [2.45, 2.75) is 39.3 Å². The van der Waals surface area contributed by atoms with Crippen LogP contribution in [0, 0.1) is 19.8 Å². The van der Waals surface area contributed by atoms with Crippen molar-refractivity contribution in [3.63, 3.8) is 0 Å². The van der Waals surface area contributed by atoms with E-state index in [1.807, 2.05) is 19.9 Å². The summed E-state index contributed by atoms with van der Waals surface area (Å²) < 4.78 is 0. The maximum Gasteiger partial charge on any atom is 0.187 e. The fourth-order valence-corrected chi connectivity index (χ4v) is 2.53. The predicted molar refractivity (Wildman–Crippen MR) is 74.6 cm³/mol. The molecule has 0 radical (unpaired) electrons. The minimum absolute atomic E-state index is 0.649. The number of aromatic nitrogens is 2. The Morgan fingerprint density at radius 2 is 1.94 bits per heavy atom. The molecule has 0 saturated heterocycles. The van der Waals surface area contributed by atoms with Gasteiger partial charge in [0.15, 0.2) is 5.16 Å². The second kappa shape index (κ2) is 7.67. The van der Waals surface area contributed by atoms with Crippen LogP contribution in [0.5, 0.6) is 0 Å². The summed E-state index contributed by atoms with van der Waals surface area (Å²) in [5.41, 5.74) is 2.11. The van der Waals surface area contributed by atoms with Gasteiger partial charge in [-0.1, -0.05) is 25.6 Å². The largest absolute Gasteiger partial charge is 0.316 e. The Morgan fingerprint density at radius 3 is 2.53 bits per heavy atom. The molecule has 0 aliphatic carbocycles. The molecule has 1 rings (SSSR count). The Balaban J connectivity index is 2.34. The standard InChI is InChI=1S/C13H23N3S/c1-5-6-14-8-10(2)9-17-13-15-11(3)7-12(4)16-13/h7,10,14H,5-6,8-9H2,1-4H3. The molecule has 0 bridgehead atoms. The first-order valence-electron chi connectivity index (χ1n) is 6.27. The van der Waals surface area contributed by atoms with Gasteiger partial charge in [0.05, 0.1) is 0 Å². The molecule has 1 heterocycles. The van der Waals surface area contributed by atoms with Crippen molar-refractivity contribution in [1.82, 2.24) is 15.3 Å². The summed E-state index contributed by atoms with van der Waals surface area (Å²) in [6.07, 6.45) is 1.19. The molecular weight excluding hydrogens is 230 g/mol. The molecule has 3 nitrogen and oxygen atoms in total. The van der Waals surface area contributed by atoms with Crippen LogP contribution in [0.1, 0.15) is 31.7 Å². The number of aryl methyl sites for hydroxylation is 2. The van der Waals surface area contributed by atoms with Gasteiger partial charge in [-0.2, -0.15) is 0 Å². The van der Waals surface area contributed by atoms with Crippen molar-refractivity contribution in [1.29, 1.82) is 0 Å². The van der Waals surface area contributed by atoms with Crippen LogP contribution in [0.25, 0.3) is 0 Å². The number of hydrogen-bond donors (Lipinski definition) is 1. The van der Waals surface area contributed by atoms with Gasteiger partial charge in [0.25, 0.3) is 0 Å². The van der Waals surface area contributed by atoms with Crippen LogP contribution >= 0.6 is 11.8 Å². The van der Waals surface area contributed by atoms with Gasteiger partial charge < -0.3 is 5.32 Å². The van der Waals surface area contributed by atoms with E-state index in [0.29, 0.717) is 5.92 Å². The van der Waals surface area contributed by atoms with Gasteiger partial charge in [0, 0.05) is 17.1 Å². The summed E-state index contributed by atoms with van der Waals surface area (Å²) in [6.45, 7) is 10.7. The lowest BCUT2D eigenvalue weighted by molar-refractivity contribution is 0.556. The molecule has 96 valence electrons. The molecule has 1 aromatic rings. The van der Waals surface area contributed by atoms with Gasteiger partial charge >= 0.3 is 0 Å². The van der Waals surface area contributed by atoms with E-state index in [1.54, 1.807) is 11.8 Å². The molecule has 0 aliphatic rings. The van der Waals surface area contributed by atoms with Gasteiger partial charge in [-0.15, -0.1) is 0 Å². The van der Waals surface area contributed by atoms with Gasteiger partial charge in [-0.25, -0.2) is 9.97 Å². The van der Waals surface area contributed by atoms with Gasteiger partial charge in [-0.05, 0) is 45.3 Å². The number of nitrogens with zero attached hydrogens (tertiary/aromatic N) is 2. The summed E-state index contributed by atoms with van der Waals surface area (Å²) in [7, 11) is 0. The summed E-state index contributed by atoms with van der Waals surface area (Å²) in [5.74, 6) is 1.72. The molecule has 4 heteroatoms. The SMILES string of the molecule is CCCNCC(C)CSc1nc(C)cc(C)n1. The van der Waals surface area contributed by atoms with Crippen molar-refractivity contribution in [2.75, 3.05) is 18.8 Å². The molecule has 0 saturated carbocycles. The summed E-state index contributed by atoms with van der Waals surface area (Å²) >= 11 is 1.75. The highest BCUT2D eigenvalue weighted by Crippen LogP contribution is 2.17. The van der Waals surface area contributed by atoms with Crippen LogP contribution in [0.4, 0.5) is 0 Å². The zero-order valence-corrected chi connectivity index (χ0v) is 12.1. The highest BCUT2D eigenvalue weighted by atomic mass is 32.2. The van der Waals surface area contributed by atoms with E-state index in [0.717, 1.165) is 35.4 Å². The van der Waals surface area contributed by atoms with Crippen molar-refractivity contribution >= 4 is 11.8 Å². The third kappa shape index (κ3) is 6.03. The van der Waals surface area contributed by atoms with Crippen molar-refractivity contribution < 1.29 is 0 Å². The lowest BCUT2D eigenvalue weighted by atomic mass is 10.2. The topological polar surface area (TPSA) is 37.8 Å². The van der Waals surface area contributed by atoms with Crippen LogP contribution in [0.15, 0.2) is 11.2 Å². The van der Waals surface area contributed by atoms with E-state index in [2.05, 4.69) is 29.1 Å². The minimum Gasteiger partial charge on any atom is -0.316 e. The van der Waals surface area contributed by atoms with Gasteiger partial charge in [0.2, 0.25) is 0 Å². The Bertz CT molecular complexity index is 321. The van der Waals surface area contributed by atoms with Crippen LogP contribution in [-0.2, 0) is 0 Å². The molecule has 0 amide bonds. The quantitative estimate of drug-likeness (QED) is 0.461.